The number of nitrogens with zero attached hydrogens (tertiary/aromatic N) is 8. The zero-order valence-corrected chi connectivity index (χ0v) is 60.8. The van der Waals surface area contributed by atoms with Crippen molar-refractivity contribution in [3.63, 3.8) is 0 Å². The van der Waals surface area contributed by atoms with Crippen molar-refractivity contribution in [2.24, 2.45) is 41.4 Å². The van der Waals surface area contributed by atoms with Crippen LogP contribution in [0.2, 0.25) is 0 Å². The molecule has 3 rings (SSSR count). The Morgan fingerprint density at radius 1 is 0.521 bits per heavy atom. The molecule has 26 heteroatoms. The minimum Gasteiger partial charge on any atom is -0.444 e. The van der Waals surface area contributed by atoms with Gasteiger partial charge in [-0.15, -0.1) is 0 Å². The number of nitrogens with one attached hydrogen (secondary N) is 4. The minimum atomic E-state index is -1.68. The first-order chi connectivity index (χ1) is 43.7. The number of allylic oxidation sites excluding steroid dienone is 2. The van der Waals surface area contributed by atoms with Gasteiger partial charge >= 0.3 is 6.09 Å². The lowest BCUT2D eigenvalue weighted by Crippen LogP contribution is -2.64. The lowest BCUT2D eigenvalue weighted by molar-refractivity contribution is -0.157. The summed E-state index contributed by atoms with van der Waals surface area (Å²) >= 11 is 0. The number of likely N-dealkylation sites (tertiary alicyclic amines) is 1. The van der Waals surface area contributed by atoms with Crippen molar-refractivity contribution in [3.8, 4) is 0 Å². The fraction of sp³-hybridized carbons (Fsp3) is 0.794. The molecule has 5 N–H and O–H groups in total. The molecule has 94 heavy (non-hydrogen) atoms. The summed E-state index contributed by atoms with van der Waals surface area (Å²) in [5.41, 5.74) is 0. The highest BCUT2D eigenvalue weighted by Crippen LogP contribution is 2.29. The van der Waals surface area contributed by atoms with E-state index in [-0.39, 0.29) is 75.2 Å². The first kappa shape index (κ1) is 81.4. The van der Waals surface area contributed by atoms with Crippen LogP contribution in [0.4, 0.5) is 4.79 Å². The monoisotopic (exact) mass is 1330 g/mol. The van der Waals surface area contributed by atoms with Gasteiger partial charge in [-0.05, 0) is 107 Å². The number of rotatable bonds is 16. The molecule has 3 fully saturated rings. The van der Waals surface area contributed by atoms with Gasteiger partial charge in [-0.3, -0.25) is 52.7 Å². The predicted octanol–water partition coefficient (Wildman–Crippen LogP) is 3.62. The van der Waals surface area contributed by atoms with E-state index in [1.165, 1.54) is 90.4 Å². The second-order valence-electron chi connectivity index (χ2n) is 28.9. The van der Waals surface area contributed by atoms with Gasteiger partial charge in [-0.1, -0.05) is 109 Å². The van der Waals surface area contributed by atoms with Crippen molar-refractivity contribution < 1.29 is 67.4 Å². The molecule has 0 spiro atoms. The number of likely N-dealkylation sites (N-methyl/N-ethyl adjacent to an activating group) is 6. The first-order valence-corrected chi connectivity index (χ1v) is 34.0. The van der Waals surface area contributed by atoms with Gasteiger partial charge in [0.05, 0.1) is 12.6 Å². The maximum atomic E-state index is 15.4. The van der Waals surface area contributed by atoms with Gasteiger partial charge in [0.25, 0.3) is 0 Å². The summed E-state index contributed by atoms with van der Waals surface area (Å²) in [5.74, 6) is -10.4. The van der Waals surface area contributed by atoms with Crippen molar-refractivity contribution >= 4 is 71.1 Å². The molecule has 1 unspecified atom stereocenters. The molecular weight excluding hydrogens is 1210 g/mol. The van der Waals surface area contributed by atoms with Gasteiger partial charge in [0.15, 0.2) is 0 Å². The van der Waals surface area contributed by atoms with Crippen LogP contribution in [-0.4, -0.2) is 256 Å². The van der Waals surface area contributed by atoms with Crippen LogP contribution in [0, 0.1) is 41.4 Å². The van der Waals surface area contributed by atoms with Crippen LogP contribution >= 0.6 is 0 Å². The van der Waals surface area contributed by atoms with E-state index in [0.717, 1.165) is 11.3 Å². The first-order valence-electron chi connectivity index (χ1n) is 34.0. The van der Waals surface area contributed by atoms with Crippen LogP contribution in [0.3, 0.4) is 0 Å². The third-order valence-electron chi connectivity index (χ3n) is 18.5. The summed E-state index contributed by atoms with van der Waals surface area (Å²) < 4.78 is 5.94. The number of fused-ring (bicyclic) bond motifs is 1. The Labute approximate surface area is 560 Å². The molecular formula is C68H118N12O14. The summed E-state index contributed by atoms with van der Waals surface area (Å²) in [5, 5.41) is 23.4. The number of aliphatic hydroxyl groups is 1. The maximum absolute atomic E-state index is 15.4. The molecule has 0 bridgehead atoms. The van der Waals surface area contributed by atoms with E-state index in [4.69, 9.17) is 4.74 Å². The normalized spacial score (nSPS) is 28.3. The fourth-order valence-electron chi connectivity index (χ4n) is 12.5. The van der Waals surface area contributed by atoms with E-state index in [1.807, 2.05) is 55.4 Å². The molecule has 3 aliphatic rings. The molecule has 0 aromatic carbocycles. The van der Waals surface area contributed by atoms with Gasteiger partial charge in [-0.2, -0.15) is 0 Å². The molecule has 3 heterocycles. The molecule has 0 aromatic heterocycles. The number of carbonyl (C=O) groups is 12. The molecule has 0 saturated carbocycles. The maximum Gasteiger partial charge on any atom is 0.410 e. The van der Waals surface area contributed by atoms with E-state index >= 15 is 28.8 Å². The molecule has 12 amide bonds. The number of hydrogen-bond donors (Lipinski definition) is 5. The highest BCUT2D eigenvalue weighted by atomic mass is 16.6. The third-order valence-corrected chi connectivity index (χ3v) is 18.5. The van der Waals surface area contributed by atoms with E-state index < -0.39 is 167 Å². The summed E-state index contributed by atoms with van der Waals surface area (Å²) in [4.78, 5) is 188. The fourth-order valence-corrected chi connectivity index (χ4v) is 12.5. The number of carbonyl (C=O) groups excluding carboxylic acids is 12. The Kier molecular flexibility index (Phi) is 31.4. The summed E-state index contributed by atoms with van der Waals surface area (Å²) in [6.45, 7) is 30.3. The second-order valence-corrected chi connectivity index (χ2v) is 28.9. The van der Waals surface area contributed by atoms with Crippen molar-refractivity contribution in [1.82, 2.24) is 60.5 Å². The van der Waals surface area contributed by atoms with Crippen LogP contribution in [0.25, 0.3) is 0 Å². The van der Waals surface area contributed by atoms with Crippen molar-refractivity contribution in [2.75, 3.05) is 61.9 Å². The van der Waals surface area contributed by atoms with Gasteiger partial charge in [0.2, 0.25) is 65.0 Å². The molecule has 14 atom stereocenters. The highest BCUT2D eigenvalue weighted by molar-refractivity contribution is 6.00. The molecule has 3 aliphatic heterocycles. The van der Waals surface area contributed by atoms with Gasteiger partial charge < -0.3 is 70.3 Å². The second kappa shape index (κ2) is 36.3. The topological polar surface area (TPSA) is 308 Å². The number of aliphatic hydroxyl groups excluding tert-OH is 1. The smallest absolute Gasteiger partial charge is 0.410 e. The third kappa shape index (κ3) is 21.1. The van der Waals surface area contributed by atoms with Crippen LogP contribution in [-0.2, 0) is 57.5 Å². The van der Waals surface area contributed by atoms with Crippen LogP contribution in [0.1, 0.15) is 169 Å². The Bertz CT molecular complexity index is 2680. The summed E-state index contributed by atoms with van der Waals surface area (Å²) in [7, 11) is 8.49. The van der Waals surface area contributed by atoms with Crippen molar-refractivity contribution in [2.45, 2.75) is 248 Å². The predicted molar refractivity (Wildman–Crippen MR) is 357 cm³/mol. The van der Waals surface area contributed by atoms with Gasteiger partial charge in [0.1, 0.15) is 72.6 Å². The Balaban J connectivity index is 2.40. The van der Waals surface area contributed by atoms with Crippen LogP contribution < -0.4 is 21.3 Å². The van der Waals surface area contributed by atoms with Crippen molar-refractivity contribution in [3.05, 3.63) is 12.2 Å². The highest BCUT2D eigenvalue weighted by Gasteiger charge is 2.49. The average molecular weight is 1330 g/mol. The molecule has 534 valence electrons. The largest absolute Gasteiger partial charge is 0.444 e. The van der Waals surface area contributed by atoms with Gasteiger partial charge in [-0.25, -0.2) is 4.79 Å². The molecule has 0 aliphatic carbocycles. The molecule has 0 aromatic rings. The van der Waals surface area contributed by atoms with E-state index in [2.05, 4.69) is 21.3 Å². The SMILES string of the molecule is C/C=C/C[C@@H](C)[C@@H](O)[C@H]1C(=O)N[C@@H](CC)C(=O)N2CC(OC(=O)N3CCC3)C[C@@H]2C(=O)N(C)[C@@H](CC(C)C)C(=O)N[C@@H](C(C)C)C(=O)N(C)[C@@H](CC(C)C)C(=O)N[C@@H](C)C(=O)N[C@H](C)C(=O)N(C)[C@@H](CC(C)C)C(=O)N(C)[C@@H](CC(C)C)C(=O)N(C)[C@@H](C(C)C)C(=O)N1C. The standard InChI is InChI=1S/C68H118N12O14/c1-24-26-28-43(15)56(81)55-60(85)71-47(25-2)62(87)80-36-46(94-68(93)79-29-27-30-79)35-52(80)65(90)73(18)49(32-38(5)6)59(84)72-53(41(11)12)66(91)74(19)48(31-37(3)4)58(83)69-44(16)57(82)70-45(17)61(86)75(20)50(33-39(7)8)63(88)76(21)51(34-40(9)10)64(89)77(22)54(42(13)14)67(92)78(55)23/h24,26,37-56,81H,25,27-36H2,1-23H3,(H,69,83)(H,70,82)(H,71,85)(H,72,84)/b26-24+/t43-,44+,45-,46?,47+,48+,49+,50+,51+,52-,53+,54+,55+,56-/m1/s1. The molecule has 3 saturated heterocycles. The zero-order valence-electron chi connectivity index (χ0n) is 60.8. The zero-order chi connectivity index (χ0) is 71.8. The van der Waals surface area contributed by atoms with E-state index in [0.29, 0.717) is 13.1 Å². The lowest BCUT2D eigenvalue weighted by atomic mass is 9.91. The molecule has 26 nitrogen and oxygen atoms in total. The Hall–Kier alpha value is -6.86. The van der Waals surface area contributed by atoms with E-state index in [1.54, 1.807) is 60.6 Å². The summed E-state index contributed by atoms with van der Waals surface area (Å²) in [6.07, 6.45) is 1.62. The number of amides is 12. The Morgan fingerprint density at radius 3 is 1.43 bits per heavy atom. The Morgan fingerprint density at radius 2 is 0.968 bits per heavy atom. The number of ether oxygens (including phenoxy) is 1. The number of hydrogen-bond acceptors (Lipinski definition) is 14. The van der Waals surface area contributed by atoms with E-state index in [9.17, 15) is 33.9 Å². The quantitative estimate of drug-likeness (QED) is 0.138. The van der Waals surface area contributed by atoms with Gasteiger partial charge in [0, 0.05) is 61.8 Å². The van der Waals surface area contributed by atoms with Crippen molar-refractivity contribution in [1.29, 1.82) is 0 Å². The molecule has 0 radical (unpaired) electrons. The average Bonchev–Trinajstić information content (AvgIpc) is 1.41. The summed E-state index contributed by atoms with van der Waals surface area (Å²) in [6, 6.07) is -14.3. The van der Waals surface area contributed by atoms with Crippen LogP contribution in [0.5, 0.6) is 0 Å². The lowest BCUT2D eigenvalue weighted by Gasteiger charge is -2.41. The van der Waals surface area contributed by atoms with Crippen LogP contribution in [0.15, 0.2) is 12.2 Å². The minimum absolute atomic E-state index is 0.0633.